The number of ether oxygens (including phenoxy) is 2. The smallest absolute Gasteiger partial charge is 0.338 e. The summed E-state index contributed by atoms with van der Waals surface area (Å²) in [6, 6.07) is 6.81. The van der Waals surface area contributed by atoms with Crippen molar-refractivity contribution < 1.29 is 27.5 Å². The van der Waals surface area contributed by atoms with Crippen molar-refractivity contribution in [2.75, 3.05) is 19.8 Å². The minimum atomic E-state index is -3.77. The molecule has 7 nitrogen and oxygen atoms in total. The molecule has 1 aliphatic rings. The van der Waals surface area contributed by atoms with Crippen molar-refractivity contribution in [3.05, 3.63) is 29.8 Å². The number of carbonyl (C=O) groups is 2. The third-order valence-electron chi connectivity index (χ3n) is 4.78. The third-order valence-corrected chi connectivity index (χ3v) is 8.43. The first-order chi connectivity index (χ1) is 14.0. The van der Waals surface area contributed by atoms with Gasteiger partial charge in [0.25, 0.3) is 0 Å². The van der Waals surface area contributed by atoms with Gasteiger partial charge in [0.05, 0.1) is 23.7 Å². The van der Waals surface area contributed by atoms with Gasteiger partial charge in [-0.05, 0) is 50.4 Å². The van der Waals surface area contributed by atoms with Crippen LogP contribution in [0.3, 0.4) is 0 Å². The van der Waals surface area contributed by atoms with Crippen molar-refractivity contribution in [1.82, 2.24) is 4.31 Å². The highest BCUT2D eigenvalue weighted by Crippen LogP contribution is 2.32. The maximum atomic E-state index is 13.2. The van der Waals surface area contributed by atoms with Gasteiger partial charge in [-0.1, -0.05) is 25.7 Å². The Morgan fingerprint density at radius 1 is 1.17 bits per heavy atom. The molecule has 0 amide bonds. The van der Waals surface area contributed by atoms with Crippen molar-refractivity contribution >= 4 is 30.0 Å². The lowest BCUT2D eigenvalue weighted by Crippen LogP contribution is -2.34. The number of rotatable bonds is 12. The number of esters is 2. The fourth-order valence-electron chi connectivity index (χ4n) is 2.93. The molecule has 0 aliphatic heterocycles. The molecule has 0 N–H and O–H groups in total. The average molecular weight is 456 g/mol. The lowest BCUT2D eigenvalue weighted by molar-refractivity contribution is -0.143. The van der Waals surface area contributed by atoms with E-state index in [0.29, 0.717) is 19.6 Å². The zero-order valence-corrected chi connectivity index (χ0v) is 20.2. The second-order valence-electron chi connectivity index (χ2n) is 8.73. The average Bonchev–Trinajstić information content (AvgIpc) is 3.49. The van der Waals surface area contributed by atoms with Gasteiger partial charge in [-0.15, -0.1) is 0 Å². The number of hydrogen-bond acceptors (Lipinski definition) is 6. The summed E-state index contributed by atoms with van der Waals surface area (Å²) < 4.78 is 38.1. The summed E-state index contributed by atoms with van der Waals surface area (Å²) in [6.45, 7) is 9.23. The minimum absolute atomic E-state index is 0.0513. The summed E-state index contributed by atoms with van der Waals surface area (Å²) in [4.78, 5) is 24.0. The quantitative estimate of drug-likeness (QED) is 0.353. The fraction of sp³-hybridized carbons (Fsp3) is 0.619. The van der Waals surface area contributed by atoms with Crippen LogP contribution >= 0.6 is 0 Å². The first-order valence-electron chi connectivity index (χ1n) is 10.5. The van der Waals surface area contributed by atoms with Gasteiger partial charge in [0, 0.05) is 27.1 Å². The maximum Gasteiger partial charge on any atom is 0.338 e. The van der Waals surface area contributed by atoms with Crippen molar-refractivity contribution in [1.29, 1.82) is 0 Å². The van der Waals surface area contributed by atoms with Crippen molar-refractivity contribution in [2.45, 2.75) is 69.2 Å². The Bertz CT molecular complexity index is 845. The maximum absolute atomic E-state index is 13.2. The third kappa shape index (κ3) is 7.52. The van der Waals surface area contributed by atoms with Gasteiger partial charge < -0.3 is 9.47 Å². The Hall–Kier alpha value is -1.71. The molecular weight excluding hydrogens is 422 g/mol. The fourth-order valence-corrected chi connectivity index (χ4v) is 5.41. The van der Waals surface area contributed by atoms with E-state index in [-0.39, 0.29) is 35.4 Å². The molecule has 0 radical (unpaired) electrons. The molecular formula is C21H33NO6SSi. The summed E-state index contributed by atoms with van der Waals surface area (Å²) in [5, 5.41) is 0. The topological polar surface area (TPSA) is 90.0 Å². The van der Waals surface area contributed by atoms with Gasteiger partial charge in [0.2, 0.25) is 10.0 Å². The molecule has 2 rings (SSSR count). The Balaban J connectivity index is 2.07. The van der Waals surface area contributed by atoms with Gasteiger partial charge in [-0.3, -0.25) is 4.79 Å². The summed E-state index contributed by atoms with van der Waals surface area (Å²) in [7, 11) is -5.09. The van der Waals surface area contributed by atoms with Crippen LogP contribution in [0.4, 0.5) is 0 Å². The lowest BCUT2D eigenvalue weighted by atomic mass is 10.2. The Morgan fingerprint density at radius 2 is 1.87 bits per heavy atom. The zero-order valence-electron chi connectivity index (χ0n) is 18.3. The monoisotopic (exact) mass is 455 g/mol. The van der Waals surface area contributed by atoms with Crippen molar-refractivity contribution in [3.8, 4) is 0 Å². The molecule has 0 atom stereocenters. The van der Waals surface area contributed by atoms with E-state index in [1.807, 2.05) is 0 Å². The first kappa shape index (κ1) is 24.6. The molecule has 0 saturated heterocycles. The Labute approximate surface area is 180 Å². The van der Waals surface area contributed by atoms with Crippen LogP contribution in [-0.4, -0.2) is 58.5 Å². The van der Waals surface area contributed by atoms with Crippen LogP contribution in [-0.2, 0) is 24.3 Å². The van der Waals surface area contributed by atoms with Crippen LogP contribution in [0.2, 0.25) is 25.7 Å². The van der Waals surface area contributed by atoms with E-state index in [2.05, 4.69) is 19.6 Å². The van der Waals surface area contributed by atoms with E-state index in [9.17, 15) is 18.0 Å². The molecule has 168 valence electrons. The molecule has 9 heteroatoms. The van der Waals surface area contributed by atoms with Crippen LogP contribution in [0.15, 0.2) is 29.2 Å². The molecule has 1 aromatic rings. The summed E-state index contributed by atoms with van der Waals surface area (Å²) >= 11 is 0. The summed E-state index contributed by atoms with van der Waals surface area (Å²) in [5.74, 6) is -0.834. The van der Waals surface area contributed by atoms with Gasteiger partial charge in [0.1, 0.15) is 0 Å². The predicted molar refractivity (Wildman–Crippen MR) is 118 cm³/mol. The Kier molecular flexibility index (Phi) is 8.63. The standard InChI is InChI=1S/C21H33NO6SSi/c1-5-27-20(23)10-7-13-22(18-11-12-18)29(25,26)19-9-6-8-17(16-19)21(24)28-14-15-30(2,3)4/h6,8-9,16,18H,5,7,10-15H2,1-4H3. The highest BCUT2D eigenvalue weighted by molar-refractivity contribution is 7.89. The summed E-state index contributed by atoms with van der Waals surface area (Å²) in [5.41, 5.74) is 0.230. The van der Waals surface area contributed by atoms with E-state index in [1.165, 1.54) is 16.4 Å². The SMILES string of the molecule is CCOC(=O)CCCN(C1CC1)S(=O)(=O)c1cccc(C(=O)OCC[Si](C)(C)C)c1. The molecule has 1 aromatic carbocycles. The van der Waals surface area contributed by atoms with Crippen molar-refractivity contribution in [3.63, 3.8) is 0 Å². The molecule has 0 heterocycles. The second-order valence-corrected chi connectivity index (χ2v) is 16.2. The predicted octanol–water partition coefficient (Wildman–Crippen LogP) is 3.68. The number of sulfonamides is 1. The largest absolute Gasteiger partial charge is 0.466 e. The van der Waals surface area contributed by atoms with E-state index in [4.69, 9.17) is 9.47 Å². The molecule has 0 spiro atoms. The van der Waals surface area contributed by atoms with E-state index >= 15 is 0 Å². The van der Waals surface area contributed by atoms with E-state index < -0.39 is 24.1 Å². The second kappa shape index (κ2) is 10.5. The van der Waals surface area contributed by atoms with Crippen molar-refractivity contribution in [2.24, 2.45) is 0 Å². The van der Waals surface area contributed by atoms with Gasteiger partial charge in [-0.25, -0.2) is 13.2 Å². The van der Waals surface area contributed by atoms with Crippen LogP contribution in [0.25, 0.3) is 0 Å². The first-order valence-corrected chi connectivity index (χ1v) is 15.6. The van der Waals surface area contributed by atoms with Crippen LogP contribution < -0.4 is 0 Å². The number of nitrogens with zero attached hydrogens (tertiary/aromatic N) is 1. The molecule has 0 unspecified atom stereocenters. The molecule has 0 bridgehead atoms. The molecule has 1 aliphatic carbocycles. The normalized spacial score (nSPS) is 14.6. The van der Waals surface area contributed by atoms with Gasteiger partial charge in [0.15, 0.2) is 0 Å². The number of benzene rings is 1. The van der Waals surface area contributed by atoms with Crippen LogP contribution in [0, 0.1) is 0 Å². The number of carbonyl (C=O) groups excluding carboxylic acids is 2. The lowest BCUT2D eigenvalue weighted by Gasteiger charge is -2.22. The number of hydrogen-bond donors (Lipinski definition) is 0. The van der Waals surface area contributed by atoms with E-state index in [1.54, 1.807) is 19.1 Å². The highest BCUT2D eigenvalue weighted by atomic mass is 32.2. The zero-order chi connectivity index (χ0) is 22.4. The van der Waals surface area contributed by atoms with Gasteiger partial charge in [-0.2, -0.15) is 4.31 Å². The molecule has 1 fully saturated rings. The minimum Gasteiger partial charge on any atom is -0.466 e. The highest BCUT2D eigenvalue weighted by Gasteiger charge is 2.38. The van der Waals surface area contributed by atoms with E-state index in [0.717, 1.165) is 18.9 Å². The van der Waals surface area contributed by atoms with Crippen LogP contribution in [0.1, 0.15) is 43.0 Å². The Morgan fingerprint density at radius 3 is 2.47 bits per heavy atom. The van der Waals surface area contributed by atoms with Gasteiger partial charge >= 0.3 is 11.9 Å². The van der Waals surface area contributed by atoms with Crippen LogP contribution in [0.5, 0.6) is 0 Å². The molecule has 0 aromatic heterocycles. The molecule has 1 saturated carbocycles. The summed E-state index contributed by atoms with van der Waals surface area (Å²) in [6.07, 6.45) is 2.18. The molecule has 30 heavy (non-hydrogen) atoms.